The number of amides is 1. The molecule has 0 aliphatic rings. The van der Waals surface area contributed by atoms with Gasteiger partial charge in [0.05, 0.1) is 30.6 Å². The number of carbonyl (C=O) groups excluding carboxylic acids is 1. The molecule has 1 heterocycles. The van der Waals surface area contributed by atoms with Crippen LogP contribution in [0.1, 0.15) is 39.0 Å². The van der Waals surface area contributed by atoms with E-state index in [0.717, 1.165) is 16.9 Å². The fraction of sp³-hybridized carbons (Fsp3) is 0.360. The number of para-hydroxylation sites is 3. The lowest BCUT2D eigenvalue weighted by Gasteiger charge is -2.28. The van der Waals surface area contributed by atoms with Crippen LogP contribution >= 0.6 is 0 Å². The van der Waals surface area contributed by atoms with Gasteiger partial charge in [-0.2, -0.15) is 5.10 Å². The minimum Gasteiger partial charge on any atom is -0.493 e. The van der Waals surface area contributed by atoms with Crippen LogP contribution in [0.25, 0.3) is 5.69 Å². The Kier molecular flexibility index (Phi) is 7.00. The van der Waals surface area contributed by atoms with Crippen LogP contribution in [0.2, 0.25) is 0 Å². The van der Waals surface area contributed by atoms with Crippen LogP contribution in [0.15, 0.2) is 54.6 Å². The van der Waals surface area contributed by atoms with Crippen molar-refractivity contribution < 1.29 is 14.3 Å². The highest BCUT2D eigenvalue weighted by molar-refractivity contribution is 5.78. The minimum atomic E-state index is -0.0922. The van der Waals surface area contributed by atoms with Gasteiger partial charge in [-0.05, 0) is 45.0 Å². The number of rotatable bonds is 8. The van der Waals surface area contributed by atoms with Gasteiger partial charge in [0.15, 0.2) is 11.5 Å². The van der Waals surface area contributed by atoms with E-state index in [4.69, 9.17) is 14.6 Å². The van der Waals surface area contributed by atoms with Crippen molar-refractivity contribution in [1.29, 1.82) is 0 Å². The maximum Gasteiger partial charge on any atom is 0.228 e. The van der Waals surface area contributed by atoms with Crippen molar-refractivity contribution in [2.75, 3.05) is 7.11 Å². The van der Waals surface area contributed by atoms with Crippen molar-refractivity contribution in [3.63, 3.8) is 0 Å². The fourth-order valence-corrected chi connectivity index (χ4v) is 3.39. The molecule has 6 nitrogen and oxygen atoms in total. The summed E-state index contributed by atoms with van der Waals surface area (Å²) in [7, 11) is 1.62. The van der Waals surface area contributed by atoms with Gasteiger partial charge < -0.3 is 14.4 Å². The summed E-state index contributed by atoms with van der Waals surface area (Å²) in [6.45, 7) is 10.3. The van der Waals surface area contributed by atoms with E-state index in [1.54, 1.807) is 11.8 Å². The highest BCUT2D eigenvalue weighted by Crippen LogP contribution is 2.36. The smallest absolute Gasteiger partial charge is 0.228 e. The molecule has 0 radical (unpaired) electrons. The van der Waals surface area contributed by atoms with Gasteiger partial charge in [-0.1, -0.05) is 44.2 Å². The second-order valence-corrected chi connectivity index (χ2v) is 8.08. The zero-order chi connectivity index (χ0) is 22.5. The van der Waals surface area contributed by atoms with E-state index in [0.29, 0.717) is 23.9 Å². The SMILES string of the molecule is COc1ccccc1Oc1c(CN(C(=O)C(C)C)C(C)C)c(C)nn1-c1ccccc1. The summed E-state index contributed by atoms with van der Waals surface area (Å²) in [4.78, 5) is 14.8. The maximum absolute atomic E-state index is 12.9. The van der Waals surface area contributed by atoms with Gasteiger partial charge in [0.1, 0.15) is 0 Å². The van der Waals surface area contributed by atoms with Crippen LogP contribution in [-0.4, -0.2) is 33.7 Å². The summed E-state index contributed by atoms with van der Waals surface area (Å²) in [5, 5.41) is 4.76. The first-order chi connectivity index (χ1) is 14.8. The van der Waals surface area contributed by atoms with E-state index < -0.39 is 0 Å². The zero-order valence-electron chi connectivity index (χ0n) is 19.1. The van der Waals surface area contributed by atoms with Crippen molar-refractivity contribution in [3.05, 3.63) is 65.9 Å². The first-order valence-corrected chi connectivity index (χ1v) is 10.6. The molecular weight excluding hydrogens is 390 g/mol. The lowest BCUT2D eigenvalue weighted by Crippen LogP contribution is -2.39. The Morgan fingerprint density at radius 1 is 1.00 bits per heavy atom. The molecule has 0 unspecified atom stereocenters. The van der Waals surface area contributed by atoms with E-state index in [1.807, 2.05) is 94.1 Å². The summed E-state index contributed by atoms with van der Waals surface area (Å²) in [5.41, 5.74) is 2.57. The summed E-state index contributed by atoms with van der Waals surface area (Å²) in [6.07, 6.45) is 0. The molecule has 0 aliphatic heterocycles. The molecule has 6 heteroatoms. The van der Waals surface area contributed by atoms with Crippen LogP contribution < -0.4 is 9.47 Å². The number of benzene rings is 2. The molecular formula is C25H31N3O3. The lowest BCUT2D eigenvalue weighted by atomic mass is 10.1. The standard InChI is InChI=1S/C25H31N3O3/c1-17(2)24(29)27(18(3)4)16-21-19(5)26-28(20-12-8-7-9-13-20)25(21)31-23-15-11-10-14-22(23)30-6/h7-15,17-18H,16H2,1-6H3. The number of aryl methyl sites for hydroxylation is 1. The van der Waals surface area contributed by atoms with Gasteiger partial charge >= 0.3 is 0 Å². The van der Waals surface area contributed by atoms with Crippen molar-refractivity contribution in [2.45, 2.75) is 47.2 Å². The van der Waals surface area contributed by atoms with Crippen LogP contribution in [0.3, 0.4) is 0 Å². The second kappa shape index (κ2) is 9.69. The monoisotopic (exact) mass is 421 g/mol. The number of carbonyl (C=O) groups is 1. The number of aromatic nitrogens is 2. The molecule has 0 atom stereocenters. The van der Waals surface area contributed by atoms with Gasteiger partial charge in [0.2, 0.25) is 11.8 Å². The van der Waals surface area contributed by atoms with Crippen molar-refractivity contribution in [1.82, 2.24) is 14.7 Å². The molecule has 0 saturated carbocycles. The van der Waals surface area contributed by atoms with Gasteiger partial charge in [-0.25, -0.2) is 4.68 Å². The Morgan fingerprint density at radius 2 is 1.61 bits per heavy atom. The Hall–Kier alpha value is -3.28. The summed E-state index contributed by atoms with van der Waals surface area (Å²) < 4.78 is 13.7. The maximum atomic E-state index is 12.9. The number of ether oxygens (including phenoxy) is 2. The third kappa shape index (κ3) is 4.90. The molecule has 0 fully saturated rings. The number of methoxy groups -OCH3 is 1. The molecule has 0 saturated heterocycles. The van der Waals surface area contributed by atoms with Crippen LogP contribution in [0.5, 0.6) is 17.4 Å². The quantitative estimate of drug-likeness (QED) is 0.490. The van der Waals surface area contributed by atoms with Gasteiger partial charge in [-0.15, -0.1) is 0 Å². The third-order valence-electron chi connectivity index (χ3n) is 5.14. The van der Waals surface area contributed by atoms with Crippen LogP contribution in [0.4, 0.5) is 0 Å². The van der Waals surface area contributed by atoms with E-state index >= 15 is 0 Å². The van der Waals surface area contributed by atoms with E-state index in [9.17, 15) is 4.79 Å². The highest BCUT2D eigenvalue weighted by Gasteiger charge is 2.26. The van der Waals surface area contributed by atoms with Crippen LogP contribution in [0, 0.1) is 12.8 Å². The Morgan fingerprint density at radius 3 is 2.19 bits per heavy atom. The van der Waals surface area contributed by atoms with E-state index in [2.05, 4.69) is 0 Å². The Bertz CT molecular complexity index is 1030. The predicted octanol–water partition coefficient (Wildman–Crippen LogP) is 5.37. The van der Waals surface area contributed by atoms with Gasteiger partial charge in [0.25, 0.3) is 0 Å². The highest BCUT2D eigenvalue weighted by atomic mass is 16.5. The number of hydrogen-bond donors (Lipinski definition) is 0. The largest absolute Gasteiger partial charge is 0.493 e. The molecule has 0 N–H and O–H groups in total. The molecule has 1 amide bonds. The predicted molar refractivity (Wildman–Crippen MR) is 122 cm³/mol. The Balaban J connectivity index is 2.12. The van der Waals surface area contributed by atoms with Crippen LogP contribution in [-0.2, 0) is 11.3 Å². The average molecular weight is 422 g/mol. The van der Waals surface area contributed by atoms with Gasteiger partial charge in [-0.3, -0.25) is 4.79 Å². The Labute approximate surface area is 184 Å². The summed E-state index contributed by atoms with van der Waals surface area (Å²) in [5.74, 6) is 1.81. The second-order valence-electron chi connectivity index (χ2n) is 8.08. The van der Waals surface area contributed by atoms with Crippen molar-refractivity contribution in [2.24, 2.45) is 5.92 Å². The third-order valence-corrected chi connectivity index (χ3v) is 5.14. The number of nitrogens with zero attached hydrogens (tertiary/aromatic N) is 3. The molecule has 0 aliphatic carbocycles. The average Bonchev–Trinajstić information content (AvgIpc) is 3.07. The summed E-state index contributed by atoms with van der Waals surface area (Å²) in [6, 6.07) is 17.4. The van der Waals surface area contributed by atoms with Crippen molar-refractivity contribution >= 4 is 5.91 Å². The van der Waals surface area contributed by atoms with E-state index in [-0.39, 0.29) is 17.9 Å². The van der Waals surface area contributed by atoms with Gasteiger partial charge in [0, 0.05) is 12.0 Å². The fourth-order valence-electron chi connectivity index (χ4n) is 3.39. The first-order valence-electron chi connectivity index (χ1n) is 10.6. The molecule has 2 aromatic carbocycles. The molecule has 31 heavy (non-hydrogen) atoms. The summed E-state index contributed by atoms with van der Waals surface area (Å²) >= 11 is 0. The first kappa shape index (κ1) is 22.4. The molecule has 0 spiro atoms. The topological polar surface area (TPSA) is 56.6 Å². The van der Waals surface area contributed by atoms with E-state index in [1.165, 1.54) is 0 Å². The van der Waals surface area contributed by atoms with Crippen molar-refractivity contribution in [3.8, 4) is 23.1 Å². The lowest BCUT2D eigenvalue weighted by molar-refractivity contribution is -0.136. The minimum absolute atomic E-state index is 0.0495. The molecule has 164 valence electrons. The molecule has 0 bridgehead atoms. The molecule has 3 aromatic rings. The zero-order valence-corrected chi connectivity index (χ0v) is 19.1. The molecule has 1 aromatic heterocycles. The number of hydrogen-bond acceptors (Lipinski definition) is 4. The normalized spacial score (nSPS) is 11.1. The molecule has 3 rings (SSSR count).